The zero-order valence-electron chi connectivity index (χ0n) is 11.7. The van der Waals surface area contributed by atoms with Crippen molar-refractivity contribution in [3.63, 3.8) is 0 Å². The second kappa shape index (κ2) is 5.41. The van der Waals surface area contributed by atoms with Crippen molar-refractivity contribution in [3.8, 4) is 0 Å². The van der Waals surface area contributed by atoms with Gasteiger partial charge in [-0.2, -0.15) is 0 Å². The first-order valence-electron chi connectivity index (χ1n) is 6.93. The molecule has 0 amide bonds. The summed E-state index contributed by atoms with van der Waals surface area (Å²) in [6.07, 6.45) is 3.46. The van der Waals surface area contributed by atoms with Gasteiger partial charge in [-0.15, -0.1) is 0 Å². The number of benzene rings is 1. The van der Waals surface area contributed by atoms with Crippen LogP contribution in [0.15, 0.2) is 18.2 Å². The zero-order chi connectivity index (χ0) is 13.2. The van der Waals surface area contributed by atoms with Crippen molar-refractivity contribution < 1.29 is 9.84 Å². The van der Waals surface area contributed by atoms with E-state index < -0.39 is 5.60 Å². The van der Waals surface area contributed by atoms with Gasteiger partial charge < -0.3 is 9.84 Å². The van der Waals surface area contributed by atoms with Crippen LogP contribution in [0.5, 0.6) is 0 Å². The third-order valence-corrected chi connectivity index (χ3v) is 4.13. The van der Waals surface area contributed by atoms with Gasteiger partial charge in [-0.25, -0.2) is 0 Å². The number of hydrogen-bond acceptors (Lipinski definition) is 2. The Kier molecular flexibility index (Phi) is 4.08. The van der Waals surface area contributed by atoms with Gasteiger partial charge in [-0.1, -0.05) is 25.1 Å². The lowest BCUT2D eigenvalue weighted by atomic mass is 9.82. The van der Waals surface area contributed by atoms with Crippen LogP contribution in [0.2, 0.25) is 0 Å². The van der Waals surface area contributed by atoms with E-state index in [-0.39, 0.29) is 6.10 Å². The Morgan fingerprint density at radius 2 is 2.00 bits per heavy atom. The fourth-order valence-corrected chi connectivity index (χ4v) is 2.88. The monoisotopic (exact) mass is 248 g/mol. The Morgan fingerprint density at radius 3 is 2.61 bits per heavy atom. The maximum atomic E-state index is 10.8. The molecule has 1 saturated heterocycles. The molecule has 2 nitrogen and oxygen atoms in total. The molecule has 2 atom stereocenters. The van der Waals surface area contributed by atoms with Gasteiger partial charge in [0.1, 0.15) is 0 Å². The van der Waals surface area contributed by atoms with Crippen LogP contribution in [0.3, 0.4) is 0 Å². The number of ether oxygens (including phenoxy) is 1. The van der Waals surface area contributed by atoms with Crippen LogP contribution in [-0.4, -0.2) is 23.4 Å². The highest BCUT2D eigenvalue weighted by Gasteiger charge is 2.35. The fourth-order valence-electron chi connectivity index (χ4n) is 2.88. The lowest BCUT2D eigenvalue weighted by Crippen LogP contribution is -2.42. The van der Waals surface area contributed by atoms with Crippen molar-refractivity contribution in [3.05, 3.63) is 34.9 Å². The molecule has 0 saturated carbocycles. The van der Waals surface area contributed by atoms with E-state index in [4.69, 9.17) is 4.74 Å². The summed E-state index contributed by atoms with van der Waals surface area (Å²) in [6.45, 7) is 7.06. The van der Waals surface area contributed by atoms with Gasteiger partial charge in [0.05, 0.1) is 11.7 Å². The first-order valence-corrected chi connectivity index (χ1v) is 6.93. The van der Waals surface area contributed by atoms with E-state index in [2.05, 4.69) is 39.0 Å². The second-order valence-corrected chi connectivity index (χ2v) is 5.63. The van der Waals surface area contributed by atoms with E-state index >= 15 is 0 Å². The summed E-state index contributed by atoms with van der Waals surface area (Å²) in [6, 6.07) is 6.34. The van der Waals surface area contributed by atoms with Crippen molar-refractivity contribution in [2.45, 2.75) is 58.2 Å². The molecule has 1 aliphatic heterocycles. The van der Waals surface area contributed by atoms with Crippen LogP contribution in [0.4, 0.5) is 0 Å². The highest BCUT2D eigenvalue weighted by Crippen LogP contribution is 2.31. The molecule has 1 heterocycles. The molecule has 0 bridgehead atoms. The van der Waals surface area contributed by atoms with E-state index in [9.17, 15) is 5.11 Å². The summed E-state index contributed by atoms with van der Waals surface area (Å²) in [7, 11) is 0. The van der Waals surface area contributed by atoms with E-state index in [0.717, 1.165) is 25.7 Å². The molecule has 1 aliphatic rings. The van der Waals surface area contributed by atoms with Crippen molar-refractivity contribution in [2.24, 2.45) is 0 Å². The van der Waals surface area contributed by atoms with E-state index in [1.807, 2.05) is 0 Å². The van der Waals surface area contributed by atoms with Crippen molar-refractivity contribution in [1.82, 2.24) is 0 Å². The summed E-state index contributed by atoms with van der Waals surface area (Å²) < 4.78 is 5.66. The SMILES string of the molecule is CCC1CC(O)(Cc2c(C)cccc2C)CCO1. The normalized spacial score (nSPS) is 28.3. The molecule has 0 spiro atoms. The maximum Gasteiger partial charge on any atom is 0.0734 e. The molecule has 0 aliphatic carbocycles. The van der Waals surface area contributed by atoms with Gasteiger partial charge in [-0.3, -0.25) is 0 Å². The van der Waals surface area contributed by atoms with Crippen LogP contribution in [0, 0.1) is 13.8 Å². The van der Waals surface area contributed by atoms with Crippen LogP contribution >= 0.6 is 0 Å². The highest BCUT2D eigenvalue weighted by atomic mass is 16.5. The average Bonchev–Trinajstić information content (AvgIpc) is 2.34. The first-order chi connectivity index (χ1) is 8.54. The Morgan fingerprint density at radius 1 is 1.33 bits per heavy atom. The smallest absolute Gasteiger partial charge is 0.0734 e. The Hall–Kier alpha value is -0.860. The standard InChI is InChI=1S/C16H24O2/c1-4-14-10-16(17,8-9-18-14)11-15-12(2)6-5-7-13(15)3/h5-7,14,17H,4,8-11H2,1-3H3. The Bertz CT molecular complexity index is 393. The van der Waals surface area contributed by atoms with E-state index in [1.54, 1.807) is 0 Å². The predicted octanol–water partition coefficient (Wildman–Crippen LogP) is 3.17. The van der Waals surface area contributed by atoms with Gasteiger partial charge in [0.25, 0.3) is 0 Å². The summed E-state index contributed by atoms with van der Waals surface area (Å²) in [4.78, 5) is 0. The minimum atomic E-state index is -0.588. The number of rotatable bonds is 3. The minimum absolute atomic E-state index is 0.216. The van der Waals surface area contributed by atoms with Crippen LogP contribution < -0.4 is 0 Å². The maximum absolute atomic E-state index is 10.8. The Balaban J connectivity index is 2.17. The molecule has 18 heavy (non-hydrogen) atoms. The van der Waals surface area contributed by atoms with E-state index in [1.165, 1.54) is 16.7 Å². The lowest BCUT2D eigenvalue weighted by Gasteiger charge is -2.37. The van der Waals surface area contributed by atoms with Gasteiger partial charge in [0, 0.05) is 19.4 Å². The van der Waals surface area contributed by atoms with Crippen LogP contribution in [0.25, 0.3) is 0 Å². The zero-order valence-corrected chi connectivity index (χ0v) is 11.7. The molecule has 1 N–H and O–H groups in total. The number of hydrogen-bond donors (Lipinski definition) is 1. The summed E-state index contributed by atoms with van der Waals surface area (Å²) in [5, 5.41) is 10.8. The molecule has 1 aromatic rings. The number of aliphatic hydroxyl groups is 1. The van der Waals surface area contributed by atoms with Crippen LogP contribution in [0.1, 0.15) is 42.9 Å². The molecule has 0 aromatic heterocycles. The largest absolute Gasteiger partial charge is 0.389 e. The summed E-state index contributed by atoms with van der Waals surface area (Å²) >= 11 is 0. The average molecular weight is 248 g/mol. The third-order valence-electron chi connectivity index (χ3n) is 4.13. The quantitative estimate of drug-likeness (QED) is 0.890. The molecule has 2 rings (SSSR count). The number of aryl methyl sites for hydroxylation is 2. The van der Waals surface area contributed by atoms with Gasteiger partial charge >= 0.3 is 0 Å². The third kappa shape index (κ3) is 2.93. The van der Waals surface area contributed by atoms with Crippen molar-refractivity contribution in [2.75, 3.05) is 6.61 Å². The van der Waals surface area contributed by atoms with E-state index in [0.29, 0.717) is 6.61 Å². The van der Waals surface area contributed by atoms with Gasteiger partial charge in [0.2, 0.25) is 0 Å². The Labute approximate surface area is 110 Å². The summed E-state index contributed by atoms with van der Waals surface area (Å²) in [5.41, 5.74) is 3.28. The van der Waals surface area contributed by atoms with Crippen LogP contribution in [-0.2, 0) is 11.2 Å². The fraction of sp³-hybridized carbons (Fsp3) is 0.625. The molecule has 2 heteroatoms. The molecule has 0 radical (unpaired) electrons. The van der Waals surface area contributed by atoms with Crippen molar-refractivity contribution >= 4 is 0 Å². The molecular weight excluding hydrogens is 224 g/mol. The molecule has 1 fully saturated rings. The van der Waals surface area contributed by atoms with Gasteiger partial charge in [0.15, 0.2) is 0 Å². The molecule has 1 aromatic carbocycles. The topological polar surface area (TPSA) is 29.5 Å². The predicted molar refractivity (Wildman–Crippen MR) is 73.8 cm³/mol. The first kappa shape index (κ1) is 13.6. The molecule has 2 unspecified atom stereocenters. The van der Waals surface area contributed by atoms with Gasteiger partial charge in [-0.05, 0) is 43.4 Å². The van der Waals surface area contributed by atoms with Crippen molar-refractivity contribution in [1.29, 1.82) is 0 Å². The molecule has 100 valence electrons. The minimum Gasteiger partial charge on any atom is -0.389 e. The second-order valence-electron chi connectivity index (χ2n) is 5.63. The lowest BCUT2D eigenvalue weighted by molar-refractivity contribution is -0.103. The summed E-state index contributed by atoms with van der Waals surface area (Å²) in [5.74, 6) is 0. The molecular formula is C16H24O2. The highest BCUT2D eigenvalue weighted by molar-refractivity contribution is 5.34.